The maximum Gasteiger partial charge on any atom is 0.0316 e. The van der Waals surface area contributed by atoms with Crippen molar-refractivity contribution in [3.05, 3.63) is 29.8 Å². The third-order valence-corrected chi connectivity index (χ3v) is 2.40. The van der Waals surface area contributed by atoms with E-state index in [1.165, 1.54) is 5.56 Å². The average molecular weight is 162 g/mol. The Kier molecular flexibility index (Phi) is 1.58. The number of nitrogens with two attached hydrogens (primary N) is 2. The van der Waals surface area contributed by atoms with Gasteiger partial charge in [-0.3, -0.25) is 0 Å². The van der Waals surface area contributed by atoms with E-state index in [1.54, 1.807) is 0 Å². The molecule has 1 aliphatic rings. The van der Waals surface area contributed by atoms with Crippen LogP contribution < -0.4 is 11.5 Å². The fourth-order valence-corrected chi connectivity index (χ4v) is 1.45. The Morgan fingerprint density at radius 2 is 2.08 bits per heavy atom. The standard InChI is InChI=1S/C10H14N2/c11-9-3-1-2-8(6-9)7-10(12)4-5-10/h1-3,6H,4-5,7,11-12H2. The normalized spacial score (nSPS) is 19.1. The first-order valence-corrected chi connectivity index (χ1v) is 4.31. The zero-order valence-electron chi connectivity index (χ0n) is 7.09. The van der Waals surface area contributed by atoms with Crippen LogP contribution in [0.25, 0.3) is 0 Å². The van der Waals surface area contributed by atoms with Gasteiger partial charge in [-0.15, -0.1) is 0 Å². The second kappa shape index (κ2) is 2.49. The zero-order valence-corrected chi connectivity index (χ0v) is 7.09. The maximum absolute atomic E-state index is 5.99. The summed E-state index contributed by atoms with van der Waals surface area (Å²) in [6.45, 7) is 0. The molecule has 0 unspecified atom stereocenters. The topological polar surface area (TPSA) is 52.0 Å². The summed E-state index contributed by atoms with van der Waals surface area (Å²) in [7, 11) is 0. The number of anilines is 1. The molecule has 0 bridgehead atoms. The van der Waals surface area contributed by atoms with Crippen LogP contribution in [0.1, 0.15) is 18.4 Å². The minimum atomic E-state index is 0.0911. The molecule has 1 aromatic rings. The molecule has 4 N–H and O–H groups in total. The van der Waals surface area contributed by atoms with Crippen LogP contribution in [0.15, 0.2) is 24.3 Å². The molecule has 0 radical (unpaired) electrons. The van der Waals surface area contributed by atoms with Gasteiger partial charge in [0.2, 0.25) is 0 Å². The third-order valence-electron chi connectivity index (χ3n) is 2.40. The quantitative estimate of drug-likeness (QED) is 0.644. The molecule has 0 aromatic heterocycles. The molecule has 1 aliphatic carbocycles. The maximum atomic E-state index is 5.99. The van der Waals surface area contributed by atoms with Crippen LogP contribution in [0.5, 0.6) is 0 Å². The van der Waals surface area contributed by atoms with Crippen LogP contribution in [0, 0.1) is 0 Å². The summed E-state index contributed by atoms with van der Waals surface area (Å²) in [5, 5.41) is 0. The van der Waals surface area contributed by atoms with Gasteiger partial charge in [0, 0.05) is 11.2 Å². The van der Waals surface area contributed by atoms with Crippen molar-refractivity contribution >= 4 is 5.69 Å². The molecule has 64 valence electrons. The van der Waals surface area contributed by atoms with Gasteiger partial charge in [0.05, 0.1) is 0 Å². The van der Waals surface area contributed by atoms with Gasteiger partial charge in [0.1, 0.15) is 0 Å². The molecule has 2 rings (SSSR count). The van der Waals surface area contributed by atoms with Crippen molar-refractivity contribution in [3.63, 3.8) is 0 Å². The summed E-state index contributed by atoms with van der Waals surface area (Å²) in [6, 6.07) is 7.98. The largest absolute Gasteiger partial charge is 0.399 e. The van der Waals surface area contributed by atoms with E-state index in [-0.39, 0.29) is 5.54 Å². The van der Waals surface area contributed by atoms with Gasteiger partial charge in [0.25, 0.3) is 0 Å². The molecule has 1 aromatic carbocycles. The average Bonchev–Trinajstić information content (AvgIpc) is 2.67. The van der Waals surface area contributed by atoms with Gasteiger partial charge in [-0.25, -0.2) is 0 Å². The molecule has 1 fully saturated rings. The third kappa shape index (κ3) is 1.59. The molecule has 2 nitrogen and oxygen atoms in total. The lowest BCUT2D eigenvalue weighted by molar-refractivity contribution is 0.672. The Morgan fingerprint density at radius 3 is 2.67 bits per heavy atom. The number of hydrogen-bond donors (Lipinski definition) is 2. The molecule has 0 amide bonds. The number of benzene rings is 1. The van der Waals surface area contributed by atoms with E-state index in [0.717, 1.165) is 24.9 Å². The number of hydrogen-bond acceptors (Lipinski definition) is 2. The van der Waals surface area contributed by atoms with E-state index >= 15 is 0 Å². The van der Waals surface area contributed by atoms with E-state index in [4.69, 9.17) is 11.5 Å². The first-order chi connectivity index (χ1) is 5.68. The van der Waals surface area contributed by atoms with Crippen molar-refractivity contribution in [1.82, 2.24) is 0 Å². The molecule has 0 atom stereocenters. The Bertz CT molecular complexity index is 290. The second-order valence-corrected chi connectivity index (χ2v) is 3.78. The van der Waals surface area contributed by atoms with Gasteiger partial charge >= 0.3 is 0 Å². The van der Waals surface area contributed by atoms with Gasteiger partial charge in [0.15, 0.2) is 0 Å². The van der Waals surface area contributed by atoms with Crippen molar-refractivity contribution in [2.45, 2.75) is 24.8 Å². The lowest BCUT2D eigenvalue weighted by Crippen LogP contribution is -2.24. The first-order valence-electron chi connectivity index (χ1n) is 4.31. The van der Waals surface area contributed by atoms with E-state index in [1.807, 2.05) is 18.2 Å². The van der Waals surface area contributed by atoms with Gasteiger partial charge < -0.3 is 11.5 Å². The summed E-state index contributed by atoms with van der Waals surface area (Å²) in [5.74, 6) is 0. The molecule has 0 spiro atoms. The Balaban J connectivity index is 2.12. The second-order valence-electron chi connectivity index (χ2n) is 3.78. The molecule has 12 heavy (non-hydrogen) atoms. The fourth-order valence-electron chi connectivity index (χ4n) is 1.45. The smallest absolute Gasteiger partial charge is 0.0316 e. The summed E-state index contributed by atoms with van der Waals surface area (Å²) in [6.07, 6.45) is 3.28. The van der Waals surface area contributed by atoms with Crippen LogP contribution in [0.4, 0.5) is 5.69 Å². The lowest BCUT2D eigenvalue weighted by atomic mass is 10.0. The molecule has 0 heterocycles. The highest BCUT2D eigenvalue weighted by Crippen LogP contribution is 2.35. The van der Waals surface area contributed by atoms with Crippen LogP contribution >= 0.6 is 0 Å². The monoisotopic (exact) mass is 162 g/mol. The van der Waals surface area contributed by atoms with E-state index in [9.17, 15) is 0 Å². The lowest BCUT2D eigenvalue weighted by Gasteiger charge is -2.08. The highest BCUT2D eigenvalue weighted by molar-refractivity contribution is 5.41. The van der Waals surface area contributed by atoms with Crippen molar-refractivity contribution in [1.29, 1.82) is 0 Å². The summed E-state index contributed by atoms with van der Waals surface area (Å²) >= 11 is 0. The molecular formula is C10H14N2. The predicted octanol–water partition coefficient (Wildman–Crippen LogP) is 1.30. The van der Waals surface area contributed by atoms with Crippen LogP contribution in [-0.4, -0.2) is 5.54 Å². The van der Waals surface area contributed by atoms with Crippen LogP contribution in [0.2, 0.25) is 0 Å². The SMILES string of the molecule is Nc1cccc(CC2(N)CC2)c1. The molecule has 0 saturated heterocycles. The molecule has 2 heteroatoms. The molecule has 0 aliphatic heterocycles. The van der Waals surface area contributed by atoms with Crippen molar-refractivity contribution in [2.24, 2.45) is 5.73 Å². The van der Waals surface area contributed by atoms with Crippen LogP contribution in [-0.2, 0) is 6.42 Å². The molecular weight excluding hydrogens is 148 g/mol. The van der Waals surface area contributed by atoms with E-state index in [0.29, 0.717) is 0 Å². The first kappa shape index (κ1) is 7.62. The van der Waals surface area contributed by atoms with Gasteiger partial charge in [-0.05, 0) is 37.0 Å². The van der Waals surface area contributed by atoms with Gasteiger partial charge in [-0.1, -0.05) is 12.1 Å². The number of nitrogen functional groups attached to an aromatic ring is 1. The summed E-state index contributed by atoms with van der Waals surface area (Å²) in [5.41, 5.74) is 13.8. The highest BCUT2D eigenvalue weighted by Gasteiger charge is 2.37. The minimum absolute atomic E-state index is 0.0911. The van der Waals surface area contributed by atoms with E-state index < -0.39 is 0 Å². The highest BCUT2D eigenvalue weighted by atomic mass is 14.8. The van der Waals surface area contributed by atoms with Crippen molar-refractivity contribution in [3.8, 4) is 0 Å². The van der Waals surface area contributed by atoms with E-state index in [2.05, 4.69) is 6.07 Å². The minimum Gasteiger partial charge on any atom is -0.399 e. The Hall–Kier alpha value is -1.02. The fraction of sp³-hybridized carbons (Fsp3) is 0.400. The zero-order chi connectivity index (χ0) is 8.60. The van der Waals surface area contributed by atoms with Crippen molar-refractivity contribution in [2.75, 3.05) is 5.73 Å². The summed E-state index contributed by atoms with van der Waals surface area (Å²) in [4.78, 5) is 0. The Morgan fingerprint density at radius 1 is 1.33 bits per heavy atom. The van der Waals surface area contributed by atoms with Crippen LogP contribution in [0.3, 0.4) is 0 Å². The summed E-state index contributed by atoms with van der Waals surface area (Å²) < 4.78 is 0. The predicted molar refractivity (Wildman–Crippen MR) is 50.7 cm³/mol. The van der Waals surface area contributed by atoms with Crippen molar-refractivity contribution < 1.29 is 0 Å². The number of rotatable bonds is 2. The molecule has 1 saturated carbocycles. The Labute approximate surface area is 72.6 Å². The van der Waals surface area contributed by atoms with Gasteiger partial charge in [-0.2, -0.15) is 0 Å².